The molecule has 0 aliphatic carbocycles. The predicted octanol–water partition coefficient (Wildman–Crippen LogP) is 2.86. The van der Waals surface area contributed by atoms with Gasteiger partial charge in [0.2, 0.25) is 0 Å². The molecule has 19 heavy (non-hydrogen) atoms. The highest BCUT2D eigenvalue weighted by Crippen LogP contribution is 2.30. The number of hydrogen-bond acceptors (Lipinski definition) is 4. The zero-order chi connectivity index (χ0) is 14.1. The van der Waals surface area contributed by atoms with E-state index < -0.39 is 0 Å². The molecule has 0 radical (unpaired) electrons. The lowest BCUT2D eigenvalue weighted by molar-refractivity contribution is 0.283. The minimum absolute atomic E-state index is 0.292. The van der Waals surface area contributed by atoms with Crippen molar-refractivity contribution in [1.82, 2.24) is 0 Å². The molecule has 0 aliphatic heterocycles. The number of nitrogens with zero attached hydrogens (tertiary/aromatic N) is 1. The van der Waals surface area contributed by atoms with E-state index in [1.807, 2.05) is 11.8 Å². The number of hydrogen-bond donors (Lipinski definition) is 2. The molecule has 0 aliphatic rings. The van der Waals surface area contributed by atoms with Crippen LogP contribution in [0.3, 0.4) is 0 Å². The van der Waals surface area contributed by atoms with Gasteiger partial charge in [0.05, 0.1) is 0 Å². The monoisotopic (exact) mass is 282 g/mol. The zero-order valence-corrected chi connectivity index (χ0v) is 12.9. The van der Waals surface area contributed by atoms with Gasteiger partial charge >= 0.3 is 0 Å². The van der Waals surface area contributed by atoms with Crippen molar-refractivity contribution < 1.29 is 5.11 Å². The highest BCUT2D eigenvalue weighted by Gasteiger charge is 2.10. The minimum atomic E-state index is 0.292. The third kappa shape index (κ3) is 5.05. The van der Waals surface area contributed by atoms with Crippen LogP contribution in [0.15, 0.2) is 23.1 Å². The van der Waals surface area contributed by atoms with Crippen LogP contribution in [0, 0.1) is 0 Å². The van der Waals surface area contributed by atoms with Crippen LogP contribution >= 0.6 is 11.8 Å². The molecular weight excluding hydrogens is 256 g/mol. The summed E-state index contributed by atoms with van der Waals surface area (Å²) in [7, 11) is 2.12. The molecule has 108 valence electrons. The fourth-order valence-electron chi connectivity index (χ4n) is 2.17. The summed E-state index contributed by atoms with van der Waals surface area (Å²) in [6.07, 6.45) is 3.07. The Morgan fingerprint density at radius 2 is 2.05 bits per heavy atom. The Hall–Kier alpha value is -0.710. The molecule has 0 spiro atoms. The Labute approximate surface area is 121 Å². The molecule has 0 bridgehead atoms. The second kappa shape index (κ2) is 9.23. The molecule has 0 saturated carbocycles. The number of aliphatic hydroxyl groups excluding tert-OH is 1. The maximum absolute atomic E-state index is 8.79. The number of benzene rings is 1. The number of nitrogens with two attached hydrogens (primary N) is 1. The largest absolute Gasteiger partial charge is 0.396 e. The van der Waals surface area contributed by atoms with Crippen LogP contribution < -0.4 is 10.6 Å². The summed E-state index contributed by atoms with van der Waals surface area (Å²) in [6.45, 7) is 4.05. The third-order valence-electron chi connectivity index (χ3n) is 3.18. The quantitative estimate of drug-likeness (QED) is 0.540. The van der Waals surface area contributed by atoms with Gasteiger partial charge in [-0.25, -0.2) is 0 Å². The summed E-state index contributed by atoms with van der Waals surface area (Å²) >= 11 is 1.85. The van der Waals surface area contributed by atoms with E-state index in [0.717, 1.165) is 31.6 Å². The summed E-state index contributed by atoms with van der Waals surface area (Å²) in [6, 6.07) is 6.41. The first-order chi connectivity index (χ1) is 9.24. The first kappa shape index (κ1) is 16.3. The van der Waals surface area contributed by atoms with Crippen LogP contribution in [0.4, 0.5) is 5.69 Å². The van der Waals surface area contributed by atoms with Crippen molar-refractivity contribution in [3.63, 3.8) is 0 Å². The Balaban J connectivity index is 2.72. The van der Waals surface area contributed by atoms with E-state index in [-0.39, 0.29) is 0 Å². The van der Waals surface area contributed by atoms with Gasteiger partial charge in [0.25, 0.3) is 0 Å². The average Bonchev–Trinajstić information content (AvgIpc) is 2.43. The molecule has 3 nitrogen and oxygen atoms in total. The Bertz CT molecular complexity index is 371. The van der Waals surface area contributed by atoms with Crippen LogP contribution in [-0.2, 0) is 6.54 Å². The molecule has 4 heteroatoms. The van der Waals surface area contributed by atoms with Gasteiger partial charge in [-0.1, -0.05) is 13.0 Å². The summed E-state index contributed by atoms with van der Waals surface area (Å²) in [5.41, 5.74) is 8.41. The molecule has 1 rings (SSSR count). The highest BCUT2D eigenvalue weighted by atomic mass is 32.2. The Morgan fingerprint density at radius 1 is 1.26 bits per heavy atom. The fraction of sp³-hybridized carbons (Fsp3) is 0.600. The SMILES string of the molecule is CCSc1cccc(N(C)CCCCCO)c1CN. The van der Waals surface area contributed by atoms with Crippen LogP contribution in [0.5, 0.6) is 0 Å². The number of rotatable bonds is 9. The molecule has 0 aromatic heterocycles. The molecule has 1 aromatic carbocycles. The van der Waals surface area contributed by atoms with E-state index in [4.69, 9.17) is 10.8 Å². The van der Waals surface area contributed by atoms with E-state index >= 15 is 0 Å². The molecular formula is C15H26N2OS. The number of anilines is 1. The van der Waals surface area contributed by atoms with Crippen molar-refractivity contribution >= 4 is 17.4 Å². The molecule has 3 N–H and O–H groups in total. The van der Waals surface area contributed by atoms with E-state index in [1.165, 1.54) is 16.1 Å². The number of thioether (sulfide) groups is 1. The van der Waals surface area contributed by atoms with Crippen molar-refractivity contribution in [2.75, 3.05) is 30.9 Å². The lowest BCUT2D eigenvalue weighted by atomic mass is 10.1. The summed E-state index contributed by atoms with van der Waals surface area (Å²) in [5.74, 6) is 1.07. The first-order valence-electron chi connectivity index (χ1n) is 7.01. The van der Waals surface area contributed by atoms with Gasteiger partial charge in [-0.3, -0.25) is 0 Å². The van der Waals surface area contributed by atoms with Crippen LogP contribution in [-0.4, -0.2) is 31.1 Å². The fourth-order valence-corrected chi connectivity index (χ4v) is 3.01. The van der Waals surface area contributed by atoms with Gasteiger partial charge in [-0.2, -0.15) is 0 Å². The zero-order valence-electron chi connectivity index (χ0n) is 12.1. The standard InChI is InChI=1S/C15H26N2OS/c1-3-19-15-9-7-8-14(13(15)12-16)17(2)10-5-4-6-11-18/h7-9,18H,3-6,10-12,16H2,1-2H3. The molecule has 1 aromatic rings. The number of unbranched alkanes of at least 4 members (excludes halogenated alkanes) is 2. The second-order valence-electron chi connectivity index (χ2n) is 4.60. The van der Waals surface area contributed by atoms with E-state index in [1.54, 1.807) is 0 Å². The summed E-state index contributed by atoms with van der Waals surface area (Å²) in [5, 5.41) is 8.79. The maximum Gasteiger partial charge on any atom is 0.0431 e. The smallest absolute Gasteiger partial charge is 0.0431 e. The third-order valence-corrected chi connectivity index (χ3v) is 4.16. The van der Waals surface area contributed by atoms with Gasteiger partial charge < -0.3 is 15.7 Å². The lowest BCUT2D eigenvalue weighted by Gasteiger charge is -2.23. The number of aliphatic hydroxyl groups is 1. The molecule has 0 fully saturated rings. The Kier molecular flexibility index (Phi) is 7.94. The van der Waals surface area contributed by atoms with E-state index in [2.05, 4.69) is 37.1 Å². The van der Waals surface area contributed by atoms with Crippen LogP contribution in [0.1, 0.15) is 31.7 Å². The van der Waals surface area contributed by atoms with Gasteiger partial charge in [0.15, 0.2) is 0 Å². The minimum Gasteiger partial charge on any atom is -0.396 e. The topological polar surface area (TPSA) is 49.5 Å². The van der Waals surface area contributed by atoms with Gasteiger partial charge in [0, 0.05) is 42.9 Å². The molecule has 0 atom stereocenters. The van der Waals surface area contributed by atoms with Crippen molar-refractivity contribution in [2.24, 2.45) is 5.73 Å². The molecule has 0 amide bonds. The lowest BCUT2D eigenvalue weighted by Crippen LogP contribution is -2.21. The molecule has 0 heterocycles. The van der Waals surface area contributed by atoms with Crippen molar-refractivity contribution in [3.05, 3.63) is 23.8 Å². The van der Waals surface area contributed by atoms with Crippen molar-refractivity contribution in [3.8, 4) is 0 Å². The summed E-state index contributed by atoms with van der Waals surface area (Å²) in [4.78, 5) is 3.57. The first-order valence-corrected chi connectivity index (χ1v) is 7.99. The highest BCUT2D eigenvalue weighted by molar-refractivity contribution is 7.99. The maximum atomic E-state index is 8.79. The van der Waals surface area contributed by atoms with E-state index in [0.29, 0.717) is 13.2 Å². The Morgan fingerprint density at radius 3 is 2.68 bits per heavy atom. The van der Waals surface area contributed by atoms with Gasteiger partial charge in [-0.15, -0.1) is 11.8 Å². The second-order valence-corrected chi connectivity index (χ2v) is 5.90. The van der Waals surface area contributed by atoms with Gasteiger partial charge in [-0.05, 0) is 37.1 Å². The summed E-state index contributed by atoms with van der Waals surface area (Å²) < 4.78 is 0. The van der Waals surface area contributed by atoms with Gasteiger partial charge in [0.1, 0.15) is 0 Å². The predicted molar refractivity (Wildman–Crippen MR) is 84.9 cm³/mol. The molecule has 0 saturated heterocycles. The van der Waals surface area contributed by atoms with Crippen LogP contribution in [0.2, 0.25) is 0 Å². The van der Waals surface area contributed by atoms with Crippen molar-refractivity contribution in [1.29, 1.82) is 0 Å². The average molecular weight is 282 g/mol. The molecule has 0 unspecified atom stereocenters. The van der Waals surface area contributed by atoms with E-state index in [9.17, 15) is 0 Å². The van der Waals surface area contributed by atoms with Crippen molar-refractivity contribution in [2.45, 2.75) is 37.6 Å². The normalized spacial score (nSPS) is 10.7. The van der Waals surface area contributed by atoms with Crippen LogP contribution in [0.25, 0.3) is 0 Å².